The molecule has 0 saturated carbocycles. The molecule has 2 N–H and O–H groups in total. The predicted octanol–water partition coefficient (Wildman–Crippen LogP) is 1.61. The van der Waals surface area contributed by atoms with Crippen LogP contribution >= 0.6 is 28.3 Å². The summed E-state index contributed by atoms with van der Waals surface area (Å²) in [5, 5.41) is 16.3. The predicted molar refractivity (Wildman–Crippen MR) is 59.7 cm³/mol. The van der Waals surface area contributed by atoms with Gasteiger partial charge < -0.3 is 9.67 Å². The second kappa shape index (κ2) is 5.57. The lowest BCUT2D eigenvalue weighted by atomic mass is 10.4. The molecule has 0 fully saturated rings. The summed E-state index contributed by atoms with van der Waals surface area (Å²) in [7, 11) is 0. The van der Waals surface area contributed by atoms with Crippen molar-refractivity contribution in [2.75, 3.05) is 6.61 Å². The van der Waals surface area contributed by atoms with Crippen molar-refractivity contribution in [3.8, 4) is 0 Å². The van der Waals surface area contributed by atoms with Crippen molar-refractivity contribution in [2.45, 2.75) is 26.8 Å². The first-order valence-electron chi connectivity index (χ1n) is 3.99. The molecule has 0 aliphatic carbocycles. The number of rotatable bonds is 3. The summed E-state index contributed by atoms with van der Waals surface area (Å²) < 4.78 is 1.94. The van der Waals surface area contributed by atoms with E-state index in [1.165, 1.54) is 16.2 Å². The van der Waals surface area contributed by atoms with Gasteiger partial charge in [0.05, 0.1) is 0 Å². The Hall–Kier alpha value is -0.130. The Balaban J connectivity index is 0.00000144. The average molecular weight is 267 g/mol. The summed E-state index contributed by atoms with van der Waals surface area (Å²) in [4.78, 5) is 1.77. The first-order chi connectivity index (χ1) is 5.66. The average Bonchev–Trinajstić information content (AvgIpc) is 2.25. The fourth-order valence-corrected chi connectivity index (χ4v) is 2.00. The van der Waals surface area contributed by atoms with E-state index in [1.807, 2.05) is 18.4 Å². The molecular weight excluding hydrogens is 252 g/mol. The molecule has 0 saturated heterocycles. The Morgan fingerprint density at radius 3 is 2.46 bits per heavy atom. The molecule has 0 unspecified atom stereocenters. The zero-order valence-electron chi connectivity index (χ0n) is 7.83. The molecule has 0 radical (unpaired) electrons. The third-order valence-electron chi connectivity index (χ3n) is 1.95. The summed E-state index contributed by atoms with van der Waals surface area (Å²) in [6, 6.07) is 0. The van der Waals surface area contributed by atoms with Crippen LogP contribution in [0.3, 0.4) is 0 Å². The number of aryl methyl sites for hydroxylation is 1. The molecular formula is C8H15BrN2OS. The fourth-order valence-electron chi connectivity index (χ4n) is 1.11. The molecule has 0 aliphatic rings. The summed E-state index contributed by atoms with van der Waals surface area (Å²) in [5.74, 6) is 0. The molecule has 1 aromatic rings. The van der Waals surface area contributed by atoms with Gasteiger partial charge in [-0.2, -0.15) is 0 Å². The van der Waals surface area contributed by atoms with E-state index in [2.05, 4.69) is 0 Å². The summed E-state index contributed by atoms with van der Waals surface area (Å²) >= 11 is 1.49. The van der Waals surface area contributed by atoms with E-state index in [0.717, 1.165) is 18.7 Å². The molecule has 0 aromatic carbocycles. The molecule has 0 bridgehead atoms. The number of nitrogens with zero attached hydrogens (tertiary/aromatic N) is 1. The number of hydrogen-bond acceptors (Lipinski definition) is 3. The quantitative estimate of drug-likeness (QED) is 0.858. The van der Waals surface area contributed by atoms with Gasteiger partial charge in [-0.1, -0.05) is 0 Å². The van der Waals surface area contributed by atoms with E-state index in [0.29, 0.717) is 4.80 Å². The number of aromatic nitrogens is 1. The maximum atomic E-state index is 8.65. The Morgan fingerprint density at radius 2 is 2.08 bits per heavy atom. The van der Waals surface area contributed by atoms with E-state index in [4.69, 9.17) is 10.5 Å². The van der Waals surface area contributed by atoms with Gasteiger partial charge in [0.15, 0.2) is 4.80 Å². The van der Waals surface area contributed by atoms with Crippen molar-refractivity contribution in [3.63, 3.8) is 0 Å². The van der Waals surface area contributed by atoms with Crippen LogP contribution in [0.2, 0.25) is 0 Å². The van der Waals surface area contributed by atoms with E-state index >= 15 is 0 Å². The summed E-state index contributed by atoms with van der Waals surface area (Å²) in [6.07, 6.45) is 0.730. The first kappa shape index (κ1) is 12.9. The second-order valence-corrected chi connectivity index (χ2v) is 3.98. The Morgan fingerprint density at radius 1 is 1.46 bits per heavy atom. The lowest BCUT2D eigenvalue weighted by molar-refractivity contribution is 0.278. The van der Waals surface area contributed by atoms with Crippen LogP contribution in [0.4, 0.5) is 0 Å². The summed E-state index contributed by atoms with van der Waals surface area (Å²) in [6.45, 7) is 4.99. The van der Waals surface area contributed by atoms with Crippen LogP contribution in [0.5, 0.6) is 0 Å². The topological polar surface area (TPSA) is 49.0 Å². The minimum absolute atomic E-state index is 0. The molecule has 1 heterocycles. The van der Waals surface area contributed by atoms with Gasteiger partial charge in [0, 0.05) is 23.7 Å². The lowest BCUT2D eigenvalue weighted by Gasteiger charge is -2.03. The van der Waals surface area contributed by atoms with Crippen molar-refractivity contribution in [1.29, 1.82) is 5.41 Å². The zero-order valence-corrected chi connectivity index (χ0v) is 10.4. The molecule has 0 atom stereocenters. The van der Waals surface area contributed by atoms with Crippen LogP contribution in [0.1, 0.15) is 17.0 Å². The van der Waals surface area contributed by atoms with Crippen molar-refractivity contribution in [3.05, 3.63) is 15.4 Å². The molecule has 0 aliphatic heterocycles. The van der Waals surface area contributed by atoms with E-state index < -0.39 is 0 Å². The zero-order chi connectivity index (χ0) is 9.14. The van der Waals surface area contributed by atoms with Crippen molar-refractivity contribution >= 4 is 28.3 Å². The van der Waals surface area contributed by atoms with E-state index in [-0.39, 0.29) is 23.6 Å². The molecule has 1 rings (SSSR count). The van der Waals surface area contributed by atoms with Gasteiger partial charge in [0.25, 0.3) is 0 Å². The second-order valence-electron chi connectivity index (χ2n) is 2.78. The monoisotopic (exact) mass is 266 g/mol. The highest BCUT2D eigenvalue weighted by Gasteiger charge is 2.03. The standard InChI is InChI=1S/C8H14N2OS.BrH/c1-6-7(2)12-8(9)10(6)4-3-5-11;/h9,11H,3-5H2,1-2H3;1H. The fraction of sp³-hybridized carbons (Fsp3) is 0.625. The van der Waals surface area contributed by atoms with Crippen LogP contribution < -0.4 is 4.80 Å². The number of halogens is 1. The van der Waals surface area contributed by atoms with Crippen molar-refractivity contribution in [1.82, 2.24) is 4.57 Å². The SMILES string of the molecule is Br.Cc1sc(=N)n(CCCO)c1C. The smallest absolute Gasteiger partial charge is 0.182 e. The number of aliphatic hydroxyl groups is 1. The van der Waals surface area contributed by atoms with E-state index in [1.54, 1.807) is 0 Å². The van der Waals surface area contributed by atoms with Gasteiger partial charge in [-0.3, -0.25) is 5.41 Å². The Kier molecular flexibility index (Phi) is 5.51. The lowest BCUT2D eigenvalue weighted by Crippen LogP contribution is -2.15. The first-order valence-corrected chi connectivity index (χ1v) is 4.80. The maximum absolute atomic E-state index is 8.65. The molecule has 0 amide bonds. The van der Waals surface area contributed by atoms with Crippen molar-refractivity contribution < 1.29 is 5.11 Å². The summed E-state index contributed by atoms with van der Waals surface area (Å²) in [5.41, 5.74) is 1.15. The maximum Gasteiger partial charge on any atom is 0.182 e. The van der Waals surface area contributed by atoms with Gasteiger partial charge in [-0.05, 0) is 20.3 Å². The number of hydrogen-bond donors (Lipinski definition) is 2. The minimum atomic E-state index is 0. The Labute approximate surface area is 92.3 Å². The van der Waals surface area contributed by atoms with Crippen LogP contribution in [-0.2, 0) is 6.54 Å². The highest BCUT2D eigenvalue weighted by Crippen LogP contribution is 2.09. The molecule has 3 nitrogen and oxygen atoms in total. The number of nitrogens with one attached hydrogen (secondary N) is 1. The van der Waals surface area contributed by atoms with Gasteiger partial charge in [-0.15, -0.1) is 28.3 Å². The minimum Gasteiger partial charge on any atom is -0.396 e. The van der Waals surface area contributed by atoms with Gasteiger partial charge in [0.2, 0.25) is 0 Å². The van der Waals surface area contributed by atoms with Crippen LogP contribution in [-0.4, -0.2) is 16.3 Å². The highest BCUT2D eigenvalue weighted by molar-refractivity contribution is 8.93. The normalized spacial score (nSPS) is 9.77. The molecule has 13 heavy (non-hydrogen) atoms. The van der Waals surface area contributed by atoms with Crippen molar-refractivity contribution in [2.24, 2.45) is 0 Å². The van der Waals surface area contributed by atoms with Crippen LogP contribution in [0.15, 0.2) is 0 Å². The van der Waals surface area contributed by atoms with Crippen LogP contribution in [0.25, 0.3) is 0 Å². The number of aliphatic hydroxyl groups excluding tert-OH is 1. The third-order valence-corrected chi connectivity index (χ3v) is 2.96. The van der Waals surface area contributed by atoms with Gasteiger partial charge >= 0.3 is 0 Å². The van der Waals surface area contributed by atoms with Gasteiger partial charge in [0.1, 0.15) is 0 Å². The number of thiazole rings is 1. The molecule has 0 spiro atoms. The molecule has 76 valence electrons. The highest BCUT2D eigenvalue weighted by atomic mass is 79.9. The third kappa shape index (κ3) is 2.93. The van der Waals surface area contributed by atoms with E-state index in [9.17, 15) is 0 Å². The largest absolute Gasteiger partial charge is 0.396 e. The Bertz CT molecular complexity index is 318. The molecule has 5 heteroatoms. The van der Waals surface area contributed by atoms with Gasteiger partial charge in [-0.25, -0.2) is 0 Å². The molecule has 1 aromatic heterocycles. The van der Waals surface area contributed by atoms with Crippen LogP contribution in [0, 0.1) is 19.3 Å².